The lowest BCUT2D eigenvalue weighted by Crippen LogP contribution is -2.26. The summed E-state index contributed by atoms with van der Waals surface area (Å²) in [6.45, 7) is 0.814. The quantitative estimate of drug-likeness (QED) is 0.841. The lowest BCUT2D eigenvalue weighted by atomic mass is 10.2. The van der Waals surface area contributed by atoms with E-state index in [1.165, 1.54) is 7.11 Å². The van der Waals surface area contributed by atoms with Crippen molar-refractivity contribution < 1.29 is 19.4 Å². The Hall–Kier alpha value is -1.44. The van der Waals surface area contributed by atoms with Gasteiger partial charge in [-0.15, -0.1) is 0 Å². The lowest BCUT2D eigenvalue weighted by molar-refractivity contribution is 0.0355. The van der Waals surface area contributed by atoms with Crippen LogP contribution in [0.15, 0.2) is 16.6 Å². The number of halogens is 1. The van der Waals surface area contributed by atoms with E-state index in [1.54, 1.807) is 12.1 Å². The Morgan fingerprint density at radius 2 is 2.45 bits per heavy atom. The van der Waals surface area contributed by atoms with E-state index in [-0.39, 0.29) is 12.6 Å². The number of methoxy groups -OCH3 is 1. The van der Waals surface area contributed by atoms with Gasteiger partial charge in [0.1, 0.15) is 12.4 Å². The lowest BCUT2D eigenvalue weighted by Gasteiger charge is -2.24. The minimum Gasteiger partial charge on any atom is -0.465 e. The molecule has 0 unspecified atom stereocenters. The maximum absolute atomic E-state index is 11.6. The number of aromatic nitrogens is 2. The van der Waals surface area contributed by atoms with E-state index < -0.39 is 5.97 Å². The minimum absolute atomic E-state index is 0.0242. The van der Waals surface area contributed by atoms with E-state index in [0.717, 1.165) is 15.8 Å². The van der Waals surface area contributed by atoms with Crippen molar-refractivity contribution in [1.82, 2.24) is 9.55 Å². The SMILES string of the molecule is COC(=O)c1cc(Br)c2c(c1)nc1n2[C@H](CO)COC1. The average Bonchev–Trinajstić information content (AvgIpc) is 2.84. The van der Waals surface area contributed by atoms with Crippen LogP contribution in [0.25, 0.3) is 11.0 Å². The second-order valence-electron chi connectivity index (χ2n) is 4.57. The normalized spacial score (nSPS) is 18.1. The van der Waals surface area contributed by atoms with Gasteiger partial charge in [-0.05, 0) is 28.1 Å². The van der Waals surface area contributed by atoms with Gasteiger partial charge in [-0.1, -0.05) is 0 Å². The van der Waals surface area contributed by atoms with E-state index in [2.05, 4.69) is 20.9 Å². The molecule has 0 saturated heterocycles. The molecule has 0 radical (unpaired) electrons. The van der Waals surface area contributed by atoms with Crippen molar-refractivity contribution in [3.05, 3.63) is 28.0 Å². The number of carbonyl (C=O) groups is 1. The van der Waals surface area contributed by atoms with Gasteiger partial charge in [0.2, 0.25) is 0 Å². The van der Waals surface area contributed by atoms with Crippen molar-refractivity contribution in [2.24, 2.45) is 0 Å². The van der Waals surface area contributed by atoms with E-state index >= 15 is 0 Å². The van der Waals surface area contributed by atoms with Gasteiger partial charge in [0.25, 0.3) is 0 Å². The number of aliphatic hydroxyl groups is 1. The summed E-state index contributed by atoms with van der Waals surface area (Å²) in [5.41, 5.74) is 1.97. The molecule has 6 nitrogen and oxygen atoms in total. The van der Waals surface area contributed by atoms with Crippen molar-refractivity contribution in [2.45, 2.75) is 12.6 Å². The first-order chi connectivity index (χ1) is 9.65. The van der Waals surface area contributed by atoms with Crippen LogP contribution in [0.5, 0.6) is 0 Å². The molecule has 2 aromatic rings. The van der Waals surface area contributed by atoms with Crippen LogP contribution < -0.4 is 0 Å². The van der Waals surface area contributed by atoms with Crippen LogP contribution in [0.4, 0.5) is 0 Å². The number of esters is 1. The fourth-order valence-electron chi connectivity index (χ4n) is 2.46. The molecule has 1 N–H and O–H groups in total. The molecule has 3 rings (SSSR count). The van der Waals surface area contributed by atoms with Crippen molar-refractivity contribution in [3.8, 4) is 0 Å². The molecule has 1 atom stereocenters. The van der Waals surface area contributed by atoms with Crippen molar-refractivity contribution in [1.29, 1.82) is 0 Å². The fraction of sp³-hybridized carbons (Fsp3) is 0.385. The Kier molecular flexibility index (Phi) is 3.49. The number of nitrogens with zero attached hydrogens (tertiary/aromatic N) is 2. The van der Waals surface area contributed by atoms with E-state index in [0.29, 0.717) is 24.3 Å². The number of rotatable bonds is 2. The third-order valence-corrected chi connectivity index (χ3v) is 3.95. The predicted octanol–water partition coefficient (Wildman–Crippen LogP) is 1.65. The first-order valence-corrected chi connectivity index (χ1v) is 6.92. The molecule has 0 saturated carbocycles. The van der Waals surface area contributed by atoms with E-state index in [1.807, 2.05) is 4.57 Å². The molecular weight excluding hydrogens is 328 g/mol. The van der Waals surface area contributed by atoms with Crippen LogP contribution in [0.3, 0.4) is 0 Å². The maximum atomic E-state index is 11.6. The average molecular weight is 341 g/mol. The largest absolute Gasteiger partial charge is 0.465 e. The van der Waals surface area contributed by atoms with E-state index in [9.17, 15) is 9.90 Å². The van der Waals surface area contributed by atoms with Gasteiger partial charge >= 0.3 is 5.97 Å². The molecule has 0 bridgehead atoms. The molecule has 0 fully saturated rings. The molecule has 20 heavy (non-hydrogen) atoms. The van der Waals surface area contributed by atoms with Crippen LogP contribution in [-0.2, 0) is 16.1 Å². The molecule has 1 aromatic heterocycles. The minimum atomic E-state index is -0.409. The highest BCUT2D eigenvalue weighted by atomic mass is 79.9. The van der Waals surface area contributed by atoms with Crippen LogP contribution in [-0.4, -0.2) is 41.0 Å². The van der Waals surface area contributed by atoms with Crippen LogP contribution in [0.1, 0.15) is 22.2 Å². The van der Waals surface area contributed by atoms with Gasteiger partial charge in [-0.25, -0.2) is 9.78 Å². The second kappa shape index (κ2) is 5.16. The Morgan fingerprint density at radius 1 is 1.65 bits per heavy atom. The molecule has 7 heteroatoms. The number of ether oxygens (including phenoxy) is 2. The summed E-state index contributed by atoms with van der Waals surface area (Å²) >= 11 is 3.47. The summed E-state index contributed by atoms with van der Waals surface area (Å²) < 4.78 is 12.9. The highest BCUT2D eigenvalue weighted by Crippen LogP contribution is 2.32. The van der Waals surface area contributed by atoms with Crippen LogP contribution in [0, 0.1) is 0 Å². The molecular formula is C13H13BrN2O4. The van der Waals surface area contributed by atoms with E-state index in [4.69, 9.17) is 9.47 Å². The third-order valence-electron chi connectivity index (χ3n) is 3.35. The van der Waals surface area contributed by atoms with Gasteiger partial charge in [0.15, 0.2) is 0 Å². The number of carbonyl (C=O) groups excluding carboxylic acids is 1. The highest BCUT2D eigenvalue weighted by Gasteiger charge is 2.25. The molecule has 0 aliphatic carbocycles. The number of aliphatic hydroxyl groups excluding tert-OH is 1. The van der Waals surface area contributed by atoms with Gasteiger partial charge in [-0.3, -0.25) is 0 Å². The summed E-state index contributed by atoms with van der Waals surface area (Å²) in [6.07, 6.45) is 0. The molecule has 0 spiro atoms. The Morgan fingerprint density at radius 3 is 3.15 bits per heavy atom. The first-order valence-electron chi connectivity index (χ1n) is 6.13. The van der Waals surface area contributed by atoms with Gasteiger partial charge in [-0.2, -0.15) is 0 Å². The molecule has 1 aliphatic heterocycles. The molecule has 2 heterocycles. The Bertz CT molecular complexity index is 683. The first kappa shape index (κ1) is 13.5. The topological polar surface area (TPSA) is 73.6 Å². The van der Waals surface area contributed by atoms with Crippen molar-refractivity contribution in [3.63, 3.8) is 0 Å². The van der Waals surface area contributed by atoms with Crippen LogP contribution >= 0.6 is 15.9 Å². The summed E-state index contributed by atoms with van der Waals surface area (Å²) in [5, 5.41) is 9.47. The molecule has 1 aromatic carbocycles. The second-order valence-corrected chi connectivity index (χ2v) is 5.42. The van der Waals surface area contributed by atoms with Crippen LogP contribution in [0.2, 0.25) is 0 Å². The summed E-state index contributed by atoms with van der Waals surface area (Å²) in [6, 6.07) is 3.22. The van der Waals surface area contributed by atoms with Crippen molar-refractivity contribution >= 4 is 32.9 Å². The smallest absolute Gasteiger partial charge is 0.337 e. The monoisotopic (exact) mass is 340 g/mol. The zero-order valence-electron chi connectivity index (χ0n) is 10.8. The highest BCUT2D eigenvalue weighted by molar-refractivity contribution is 9.10. The Balaban J connectivity index is 2.23. The van der Waals surface area contributed by atoms with Gasteiger partial charge < -0.3 is 19.1 Å². The number of hydrogen-bond donors (Lipinski definition) is 1. The summed E-state index contributed by atoms with van der Waals surface area (Å²) in [7, 11) is 1.34. The van der Waals surface area contributed by atoms with Gasteiger partial charge in [0.05, 0.1) is 43.0 Å². The fourth-order valence-corrected chi connectivity index (χ4v) is 3.10. The molecule has 0 amide bonds. The van der Waals surface area contributed by atoms with Gasteiger partial charge in [0, 0.05) is 4.47 Å². The predicted molar refractivity (Wildman–Crippen MR) is 74.6 cm³/mol. The number of fused-ring (bicyclic) bond motifs is 3. The third kappa shape index (κ3) is 2.02. The zero-order valence-corrected chi connectivity index (χ0v) is 12.4. The summed E-state index contributed by atoms with van der Waals surface area (Å²) in [4.78, 5) is 16.1. The molecule has 106 valence electrons. The molecule has 1 aliphatic rings. The number of hydrogen-bond acceptors (Lipinski definition) is 5. The number of imidazole rings is 1. The standard InChI is InChI=1S/C13H13BrN2O4/c1-19-13(18)7-2-9(14)12-10(3-7)15-11-6-20-5-8(4-17)16(11)12/h2-3,8,17H,4-6H2,1H3/t8-/m1/s1. The maximum Gasteiger partial charge on any atom is 0.337 e. The zero-order chi connectivity index (χ0) is 14.3. The van der Waals surface area contributed by atoms with Crippen molar-refractivity contribution in [2.75, 3.05) is 20.3 Å². The summed E-state index contributed by atoms with van der Waals surface area (Å²) in [5.74, 6) is 0.335. The Labute approximate surface area is 123 Å². The number of benzene rings is 1.